The van der Waals surface area contributed by atoms with Gasteiger partial charge < -0.3 is 10.2 Å². The highest BCUT2D eigenvalue weighted by atomic mass is 32.2. The number of hydrogen-bond donors (Lipinski definition) is 2. The van der Waals surface area contributed by atoms with E-state index in [0.717, 1.165) is 5.69 Å². The first-order chi connectivity index (χ1) is 7.41. The highest BCUT2D eigenvalue weighted by molar-refractivity contribution is 7.99. The smallest absolute Gasteiger partial charge is 0.338 e. The highest BCUT2D eigenvalue weighted by Gasteiger charge is 2.16. The van der Waals surface area contributed by atoms with Crippen molar-refractivity contribution in [3.05, 3.63) is 22.9 Å². The molecule has 0 spiro atoms. The van der Waals surface area contributed by atoms with E-state index in [-0.39, 0.29) is 5.56 Å². The monoisotopic (exact) mass is 241 g/mol. The van der Waals surface area contributed by atoms with Crippen LogP contribution in [0.3, 0.4) is 0 Å². The van der Waals surface area contributed by atoms with E-state index in [9.17, 15) is 9.90 Å². The number of carbonyl (C=O) groups is 1. The molecule has 4 nitrogen and oxygen atoms in total. The number of aromatic carboxylic acids is 1. The first kappa shape index (κ1) is 13.0. The normalized spacial score (nSPS) is 12.5. The van der Waals surface area contributed by atoms with Crippen LogP contribution >= 0.6 is 11.8 Å². The lowest BCUT2D eigenvalue weighted by molar-refractivity contribution is 0.0691. The molecule has 16 heavy (non-hydrogen) atoms. The summed E-state index contributed by atoms with van der Waals surface area (Å²) in [5.74, 6) is -0.533. The maximum atomic E-state index is 11.1. The summed E-state index contributed by atoms with van der Waals surface area (Å²) >= 11 is 1.27. The number of thioether (sulfide) groups is 1. The van der Waals surface area contributed by atoms with Gasteiger partial charge in [0.25, 0.3) is 0 Å². The minimum absolute atomic E-state index is 0.233. The van der Waals surface area contributed by atoms with Crippen LogP contribution < -0.4 is 0 Å². The predicted octanol–water partition coefficient (Wildman–Crippen LogP) is 1.87. The quantitative estimate of drug-likeness (QED) is 0.787. The molecule has 5 heteroatoms. The summed E-state index contributed by atoms with van der Waals surface area (Å²) in [4.78, 5) is 15.3. The molecule has 0 saturated heterocycles. The van der Waals surface area contributed by atoms with Gasteiger partial charge in [-0.05, 0) is 32.4 Å². The molecule has 1 unspecified atom stereocenters. The van der Waals surface area contributed by atoms with Crippen molar-refractivity contribution >= 4 is 17.7 Å². The average Bonchev–Trinajstić information content (AvgIpc) is 2.12. The van der Waals surface area contributed by atoms with E-state index in [4.69, 9.17) is 5.11 Å². The number of nitrogens with zero attached hydrogens (tertiary/aromatic N) is 1. The van der Waals surface area contributed by atoms with Gasteiger partial charge in [-0.25, -0.2) is 9.78 Å². The number of aryl methyl sites for hydroxylation is 2. The third-order valence-electron chi connectivity index (χ3n) is 1.99. The number of pyridine rings is 1. The summed E-state index contributed by atoms with van der Waals surface area (Å²) in [6, 6.07) is 1.75. The average molecular weight is 241 g/mol. The van der Waals surface area contributed by atoms with Crippen LogP contribution in [-0.2, 0) is 0 Å². The molecule has 0 aromatic carbocycles. The first-order valence-corrected chi connectivity index (χ1v) is 5.92. The van der Waals surface area contributed by atoms with Gasteiger partial charge in [-0.3, -0.25) is 0 Å². The van der Waals surface area contributed by atoms with E-state index in [1.54, 1.807) is 19.9 Å². The Morgan fingerprint density at radius 1 is 1.56 bits per heavy atom. The van der Waals surface area contributed by atoms with E-state index in [1.807, 2.05) is 6.92 Å². The van der Waals surface area contributed by atoms with Gasteiger partial charge >= 0.3 is 5.97 Å². The number of aromatic nitrogens is 1. The van der Waals surface area contributed by atoms with E-state index < -0.39 is 12.1 Å². The predicted molar refractivity (Wildman–Crippen MR) is 63.1 cm³/mol. The molecule has 88 valence electrons. The molecule has 1 aromatic heterocycles. The summed E-state index contributed by atoms with van der Waals surface area (Å²) in [6.45, 7) is 5.24. The van der Waals surface area contributed by atoms with E-state index >= 15 is 0 Å². The lowest BCUT2D eigenvalue weighted by atomic mass is 10.1. The van der Waals surface area contributed by atoms with E-state index in [1.165, 1.54) is 11.8 Å². The van der Waals surface area contributed by atoms with Crippen LogP contribution in [0.4, 0.5) is 0 Å². The van der Waals surface area contributed by atoms with Crippen molar-refractivity contribution in [3.63, 3.8) is 0 Å². The van der Waals surface area contributed by atoms with Crippen molar-refractivity contribution in [1.29, 1.82) is 0 Å². The van der Waals surface area contributed by atoms with Crippen molar-refractivity contribution in [2.45, 2.75) is 31.9 Å². The highest BCUT2D eigenvalue weighted by Crippen LogP contribution is 2.24. The first-order valence-electron chi connectivity index (χ1n) is 4.94. The number of aliphatic hydroxyl groups is 1. The molecule has 1 aromatic rings. The van der Waals surface area contributed by atoms with Crippen LogP contribution in [0.2, 0.25) is 0 Å². The fourth-order valence-corrected chi connectivity index (χ4v) is 2.37. The van der Waals surface area contributed by atoms with Crippen LogP contribution in [0.15, 0.2) is 11.1 Å². The number of aliphatic hydroxyl groups excluding tert-OH is 1. The third-order valence-corrected chi connectivity index (χ3v) is 3.20. The standard InChI is InChI=1S/C11H15NO3S/c1-6-4-7(2)12-10(9(6)11(14)15)16-5-8(3)13/h4,8,13H,5H2,1-3H3,(H,14,15). The molecule has 0 aliphatic rings. The van der Waals surface area contributed by atoms with Gasteiger partial charge in [0.1, 0.15) is 5.03 Å². The van der Waals surface area contributed by atoms with Crippen molar-refractivity contribution in [2.24, 2.45) is 0 Å². The lowest BCUT2D eigenvalue weighted by Crippen LogP contribution is -2.08. The minimum Gasteiger partial charge on any atom is -0.478 e. The summed E-state index contributed by atoms with van der Waals surface area (Å²) in [6.07, 6.45) is -0.478. The molecule has 0 radical (unpaired) electrons. The van der Waals surface area contributed by atoms with Crippen molar-refractivity contribution < 1.29 is 15.0 Å². The molecular formula is C11H15NO3S. The van der Waals surface area contributed by atoms with Gasteiger partial charge in [0.15, 0.2) is 0 Å². The maximum absolute atomic E-state index is 11.1. The molecule has 1 rings (SSSR count). The van der Waals surface area contributed by atoms with Crippen molar-refractivity contribution in [1.82, 2.24) is 4.98 Å². The molecule has 0 bridgehead atoms. The Labute approximate surface area is 98.7 Å². The van der Waals surface area contributed by atoms with Crippen LogP contribution in [0.5, 0.6) is 0 Å². The fourth-order valence-electron chi connectivity index (χ4n) is 1.37. The Kier molecular flexibility index (Phi) is 4.32. The van der Waals surface area contributed by atoms with Crippen LogP contribution in [0.25, 0.3) is 0 Å². The van der Waals surface area contributed by atoms with E-state index in [2.05, 4.69) is 4.98 Å². The Bertz CT molecular complexity index is 404. The summed E-state index contributed by atoms with van der Waals surface area (Å²) in [7, 11) is 0. The molecule has 1 atom stereocenters. The molecule has 0 saturated carbocycles. The lowest BCUT2D eigenvalue weighted by Gasteiger charge is -2.10. The van der Waals surface area contributed by atoms with Gasteiger partial charge in [0.05, 0.1) is 11.7 Å². The fraction of sp³-hybridized carbons (Fsp3) is 0.455. The zero-order valence-corrected chi connectivity index (χ0v) is 10.3. The Morgan fingerprint density at radius 2 is 2.19 bits per heavy atom. The summed E-state index contributed by atoms with van der Waals surface area (Å²) in [5.41, 5.74) is 1.72. The molecule has 1 heterocycles. The number of carboxylic acids is 1. The van der Waals surface area contributed by atoms with Crippen LogP contribution in [-0.4, -0.2) is 33.0 Å². The molecule has 0 aliphatic carbocycles. The van der Waals surface area contributed by atoms with Gasteiger partial charge in [0, 0.05) is 11.4 Å². The minimum atomic E-state index is -0.974. The second-order valence-corrected chi connectivity index (χ2v) is 4.73. The molecular weight excluding hydrogens is 226 g/mol. The number of hydrogen-bond acceptors (Lipinski definition) is 4. The van der Waals surface area contributed by atoms with Crippen LogP contribution in [0.1, 0.15) is 28.5 Å². The molecule has 0 aliphatic heterocycles. The second-order valence-electron chi connectivity index (χ2n) is 3.73. The largest absolute Gasteiger partial charge is 0.478 e. The number of carboxylic acid groups (broad SMARTS) is 1. The number of rotatable bonds is 4. The SMILES string of the molecule is Cc1cc(C)c(C(=O)O)c(SCC(C)O)n1. The van der Waals surface area contributed by atoms with Crippen molar-refractivity contribution in [3.8, 4) is 0 Å². The van der Waals surface area contributed by atoms with Gasteiger partial charge in [0.2, 0.25) is 0 Å². The Hall–Kier alpha value is -1.07. The summed E-state index contributed by atoms with van der Waals surface area (Å²) in [5, 5.41) is 18.8. The third kappa shape index (κ3) is 3.21. The Balaban J connectivity index is 3.09. The topological polar surface area (TPSA) is 70.4 Å². The maximum Gasteiger partial charge on any atom is 0.338 e. The van der Waals surface area contributed by atoms with E-state index in [0.29, 0.717) is 16.3 Å². The zero-order chi connectivity index (χ0) is 12.3. The summed E-state index contributed by atoms with van der Waals surface area (Å²) < 4.78 is 0. The van der Waals surface area contributed by atoms with Crippen LogP contribution in [0, 0.1) is 13.8 Å². The molecule has 2 N–H and O–H groups in total. The molecule has 0 fully saturated rings. The van der Waals surface area contributed by atoms with Gasteiger partial charge in [-0.1, -0.05) is 0 Å². The zero-order valence-electron chi connectivity index (χ0n) is 9.52. The molecule has 0 amide bonds. The second kappa shape index (κ2) is 5.32. The van der Waals surface area contributed by atoms with Crippen molar-refractivity contribution in [2.75, 3.05) is 5.75 Å². The Morgan fingerprint density at radius 3 is 2.69 bits per heavy atom. The van der Waals surface area contributed by atoms with Gasteiger partial charge in [-0.2, -0.15) is 0 Å². The van der Waals surface area contributed by atoms with Gasteiger partial charge in [-0.15, -0.1) is 11.8 Å².